The Labute approximate surface area is 152 Å². The molecule has 128 valence electrons. The van der Waals surface area contributed by atoms with Gasteiger partial charge in [-0.25, -0.2) is 4.98 Å². The molecule has 0 fully saturated rings. The number of hydrogen-bond acceptors (Lipinski definition) is 3. The van der Waals surface area contributed by atoms with Crippen molar-refractivity contribution < 1.29 is 4.79 Å². The van der Waals surface area contributed by atoms with Crippen LogP contribution in [0.3, 0.4) is 0 Å². The van der Waals surface area contributed by atoms with Crippen LogP contribution in [0.2, 0.25) is 5.02 Å². The van der Waals surface area contributed by atoms with Gasteiger partial charge in [-0.1, -0.05) is 35.9 Å². The fourth-order valence-corrected chi connectivity index (χ4v) is 3.03. The van der Waals surface area contributed by atoms with Crippen LogP contribution < -0.4 is 5.32 Å². The molecule has 4 nitrogen and oxygen atoms in total. The zero-order valence-electron chi connectivity index (χ0n) is 14.7. The van der Waals surface area contributed by atoms with Crippen molar-refractivity contribution in [2.75, 3.05) is 19.4 Å². The predicted molar refractivity (Wildman–Crippen MR) is 104 cm³/mol. The van der Waals surface area contributed by atoms with Crippen molar-refractivity contribution in [3.8, 4) is 0 Å². The number of pyridine rings is 1. The first-order chi connectivity index (χ1) is 11.9. The van der Waals surface area contributed by atoms with Gasteiger partial charge in [0.2, 0.25) is 0 Å². The van der Waals surface area contributed by atoms with Crippen LogP contribution in [0.1, 0.15) is 21.5 Å². The summed E-state index contributed by atoms with van der Waals surface area (Å²) in [6.45, 7) is 3.96. The summed E-state index contributed by atoms with van der Waals surface area (Å²) in [6, 6.07) is 11.7. The molecule has 3 rings (SSSR count). The Morgan fingerprint density at radius 2 is 1.84 bits per heavy atom. The summed E-state index contributed by atoms with van der Waals surface area (Å²) in [6.07, 6.45) is 1.64. The molecule has 2 aromatic carbocycles. The van der Waals surface area contributed by atoms with Crippen LogP contribution in [0.4, 0.5) is 11.5 Å². The second-order valence-corrected chi connectivity index (χ2v) is 6.66. The van der Waals surface area contributed by atoms with E-state index < -0.39 is 0 Å². The third kappa shape index (κ3) is 3.17. The molecule has 0 aliphatic heterocycles. The van der Waals surface area contributed by atoms with E-state index in [2.05, 4.69) is 10.3 Å². The summed E-state index contributed by atoms with van der Waals surface area (Å²) < 4.78 is 0. The van der Waals surface area contributed by atoms with Crippen LogP contribution >= 0.6 is 11.6 Å². The van der Waals surface area contributed by atoms with E-state index in [0.717, 1.165) is 27.6 Å². The monoisotopic (exact) mass is 353 g/mol. The second kappa shape index (κ2) is 6.73. The number of aryl methyl sites for hydroxylation is 1. The summed E-state index contributed by atoms with van der Waals surface area (Å²) in [5, 5.41) is 5.88. The highest BCUT2D eigenvalue weighted by molar-refractivity contribution is 6.31. The maximum Gasteiger partial charge on any atom is 0.255 e. The second-order valence-electron chi connectivity index (χ2n) is 6.25. The number of carbonyl (C=O) groups is 1. The molecule has 1 heterocycles. The van der Waals surface area contributed by atoms with Crippen molar-refractivity contribution in [3.05, 3.63) is 64.3 Å². The first-order valence-electron chi connectivity index (χ1n) is 8.02. The number of fused-ring (bicyclic) bond motifs is 1. The Kier molecular flexibility index (Phi) is 4.64. The number of benzene rings is 2. The molecule has 0 spiro atoms. The molecule has 0 radical (unpaired) electrons. The summed E-state index contributed by atoms with van der Waals surface area (Å²) >= 11 is 6.21. The van der Waals surface area contributed by atoms with E-state index >= 15 is 0 Å². The zero-order chi connectivity index (χ0) is 18.1. The highest BCUT2D eigenvalue weighted by Crippen LogP contribution is 2.32. The van der Waals surface area contributed by atoms with Gasteiger partial charge in [0.05, 0.1) is 5.56 Å². The molecule has 5 heteroatoms. The fraction of sp³-hybridized carbons (Fsp3) is 0.200. The Morgan fingerprint density at radius 3 is 2.56 bits per heavy atom. The Morgan fingerprint density at radius 1 is 1.12 bits per heavy atom. The van der Waals surface area contributed by atoms with Gasteiger partial charge >= 0.3 is 0 Å². The number of amides is 1. The number of anilines is 2. The molecule has 0 atom stereocenters. The van der Waals surface area contributed by atoms with Gasteiger partial charge in [-0.05, 0) is 37.1 Å². The molecule has 0 aliphatic carbocycles. The van der Waals surface area contributed by atoms with Crippen molar-refractivity contribution in [2.24, 2.45) is 0 Å². The average molecular weight is 354 g/mol. The summed E-state index contributed by atoms with van der Waals surface area (Å²) in [5.74, 6) is 0.650. The van der Waals surface area contributed by atoms with Crippen LogP contribution in [0.5, 0.6) is 0 Å². The molecule has 1 amide bonds. The van der Waals surface area contributed by atoms with Crippen LogP contribution in [-0.2, 0) is 0 Å². The number of carbonyl (C=O) groups excluding carboxylic acids is 1. The van der Waals surface area contributed by atoms with Crippen molar-refractivity contribution in [1.29, 1.82) is 0 Å². The van der Waals surface area contributed by atoms with Gasteiger partial charge in [0.1, 0.15) is 5.82 Å². The van der Waals surface area contributed by atoms with Gasteiger partial charge in [0.25, 0.3) is 5.91 Å². The molecule has 0 bridgehead atoms. The number of nitrogens with zero attached hydrogens (tertiary/aromatic N) is 2. The molecule has 0 unspecified atom stereocenters. The highest BCUT2D eigenvalue weighted by Gasteiger charge is 2.17. The maximum absolute atomic E-state index is 12.5. The Bertz CT molecular complexity index is 967. The normalized spacial score (nSPS) is 10.8. The number of halogens is 1. The van der Waals surface area contributed by atoms with Crippen molar-refractivity contribution in [2.45, 2.75) is 13.8 Å². The van der Waals surface area contributed by atoms with Crippen LogP contribution in [0.25, 0.3) is 10.8 Å². The third-order valence-corrected chi connectivity index (χ3v) is 4.69. The minimum absolute atomic E-state index is 0.0581. The summed E-state index contributed by atoms with van der Waals surface area (Å²) in [7, 11) is 3.49. The molecule has 0 aliphatic rings. The number of hydrogen-bond donors (Lipinski definition) is 1. The Hall–Kier alpha value is -2.59. The van der Waals surface area contributed by atoms with Gasteiger partial charge in [0.15, 0.2) is 0 Å². The van der Waals surface area contributed by atoms with Crippen molar-refractivity contribution in [3.63, 3.8) is 0 Å². The molecule has 0 saturated carbocycles. The van der Waals surface area contributed by atoms with Gasteiger partial charge in [-0.15, -0.1) is 0 Å². The molecule has 1 aromatic heterocycles. The largest absolute Gasteiger partial charge is 0.345 e. The smallest absolute Gasteiger partial charge is 0.255 e. The minimum atomic E-state index is -0.0581. The number of nitrogens with one attached hydrogen (secondary N) is 1. The predicted octanol–water partition coefficient (Wildman–Crippen LogP) is 4.95. The quantitative estimate of drug-likeness (QED) is 0.724. The minimum Gasteiger partial charge on any atom is -0.345 e. The first kappa shape index (κ1) is 17.2. The molecular weight excluding hydrogens is 334 g/mol. The standard InChI is InChI=1S/C20H20ClN3O/c1-12-7-5-8-14-18(12)15(20(25)24(3)4)11-22-19(14)23-17-10-6-9-16(21)13(17)2/h5-11H,1-4H3,(H,22,23). The average Bonchev–Trinajstić information content (AvgIpc) is 2.59. The molecule has 3 aromatic rings. The third-order valence-electron chi connectivity index (χ3n) is 4.28. The summed E-state index contributed by atoms with van der Waals surface area (Å²) in [5.41, 5.74) is 3.50. The van der Waals surface area contributed by atoms with E-state index in [1.165, 1.54) is 0 Å². The topological polar surface area (TPSA) is 45.2 Å². The lowest BCUT2D eigenvalue weighted by molar-refractivity contribution is 0.0829. The van der Waals surface area contributed by atoms with Crippen molar-refractivity contribution >= 4 is 39.8 Å². The van der Waals surface area contributed by atoms with E-state index in [0.29, 0.717) is 16.4 Å². The highest BCUT2D eigenvalue weighted by atomic mass is 35.5. The lowest BCUT2D eigenvalue weighted by atomic mass is 10.0. The number of rotatable bonds is 3. The van der Waals surface area contributed by atoms with Crippen molar-refractivity contribution in [1.82, 2.24) is 9.88 Å². The Balaban J connectivity index is 2.18. The van der Waals surface area contributed by atoms with Crippen LogP contribution in [0, 0.1) is 13.8 Å². The fourth-order valence-electron chi connectivity index (χ4n) is 2.86. The molecule has 1 N–H and O–H groups in total. The van der Waals surface area contributed by atoms with Gasteiger partial charge < -0.3 is 10.2 Å². The first-order valence-corrected chi connectivity index (χ1v) is 8.40. The van der Waals surface area contributed by atoms with Crippen LogP contribution in [-0.4, -0.2) is 29.9 Å². The SMILES string of the molecule is Cc1c(Cl)cccc1Nc1ncc(C(=O)N(C)C)c2c(C)cccc12. The van der Waals surface area contributed by atoms with Crippen LogP contribution in [0.15, 0.2) is 42.6 Å². The molecule has 25 heavy (non-hydrogen) atoms. The van der Waals surface area contributed by atoms with Gasteiger partial charge in [-0.3, -0.25) is 4.79 Å². The van der Waals surface area contributed by atoms with E-state index in [1.54, 1.807) is 25.2 Å². The van der Waals surface area contributed by atoms with E-state index in [4.69, 9.17) is 11.6 Å². The van der Waals surface area contributed by atoms with E-state index in [1.807, 2.05) is 50.2 Å². The van der Waals surface area contributed by atoms with E-state index in [9.17, 15) is 4.79 Å². The molecular formula is C20H20ClN3O. The zero-order valence-corrected chi connectivity index (χ0v) is 15.5. The maximum atomic E-state index is 12.5. The molecule has 0 saturated heterocycles. The van der Waals surface area contributed by atoms with E-state index in [-0.39, 0.29) is 5.91 Å². The van der Waals surface area contributed by atoms with Gasteiger partial charge in [0, 0.05) is 41.8 Å². The lowest BCUT2D eigenvalue weighted by Crippen LogP contribution is -2.22. The lowest BCUT2D eigenvalue weighted by Gasteiger charge is -2.17. The van der Waals surface area contributed by atoms with Gasteiger partial charge in [-0.2, -0.15) is 0 Å². The number of aromatic nitrogens is 1. The summed E-state index contributed by atoms with van der Waals surface area (Å²) in [4.78, 5) is 18.6.